The van der Waals surface area contributed by atoms with Gasteiger partial charge in [0.15, 0.2) is 5.65 Å². The first-order chi connectivity index (χ1) is 16.4. The van der Waals surface area contributed by atoms with Gasteiger partial charge in [-0.3, -0.25) is 4.99 Å². The lowest BCUT2D eigenvalue weighted by atomic mass is 9.88. The van der Waals surface area contributed by atoms with Crippen LogP contribution in [0.2, 0.25) is 5.02 Å². The monoisotopic (exact) mass is 479 g/mol. The van der Waals surface area contributed by atoms with Crippen LogP contribution in [0, 0.1) is 12.7 Å². The van der Waals surface area contributed by atoms with Crippen molar-refractivity contribution in [1.82, 2.24) is 15.0 Å². The molecule has 3 atom stereocenters. The number of aliphatic imine (C=N–C) groups is 1. The summed E-state index contributed by atoms with van der Waals surface area (Å²) >= 11 is 6.00. The number of fused-ring (bicyclic) bond motifs is 1. The van der Waals surface area contributed by atoms with Crippen LogP contribution in [0.5, 0.6) is 0 Å². The predicted octanol–water partition coefficient (Wildman–Crippen LogP) is 5.52. The molecule has 1 aliphatic carbocycles. The maximum absolute atomic E-state index is 14.9. The van der Waals surface area contributed by atoms with Gasteiger partial charge in [-0.2, -0.15) is 0 Å². The Morgan fingerprint density at radius 2 is 2.00 bits per heavy atom. The zero-order valence-corrected chi connectivity index (χ0v) is 20.0. The lowest BCUT2D eigenvalue weighted by Crippen LogP contribution is -2.33. The Kier molecular flexibility index (Phi) is 6.32. The number of nitrogens with two attached hydrogens (primary N) is 1. The normalized spacial score (nSPS) is 23.6. The SMILES string of the molecule is Cc1ccc2c(-c3ccc(Cl)cc3F)nc([C@H]3C[C@@H](C)O[C@H](/C(C=NC4CC4)=C/N)C3)nc2n1. The number of aromatic nitrogens is 3. The number of hydrogen-bond acceptors (Lipinski definition) is 6. The average Bonchev–Trinajstić information content (AvgIpc) is 3.63. The first kappa shape index (κ1) is 22.9. The smallest absolute Gasteiger partial charge is 0.163 e. The minimum Gasteiger partial charge on any atom is -0.404 e. The summed E-state index contributed by atoms with van der Waals surface area (Å²) in [5.74, 6) is 0.200. The Bertz CT molecular complexity index is 1290. The third-order valence-corrected chi connectivity index (χ3v) is 6.56. The molecule has 34 heavy (non-hydrogen) atoms. The van der Waals surface area contributed by atoms with Crippen molar-refractivity contribution >= 4 is 28.8 Å². The molecule has 0 amide bonds. The topological polar surface area (TPSA) is 86.3 Å². The number of aryl methyl sites for hydroxylation is 1. The summed E-state index contributed by atoms with van der Waals surface area (Å²) in [5.41, 5.74) is 9.07. The molecule has 1 saturated heterocycles. The molecule has 2 aromatic heterocycles. The Morgan fingerprint density at radius 1 is 1.18 bits per heavy atom. The molecule has 6 nitrogen and oxygen atoms in total. The fraction of sp³-hybridized carbons (Fsp3) is 0.385. The number of rotatable bonds is 5. The van der Waals surface area contributed by atoms with E-state index in [1.165, 1.54) is 6.07 Å². The van der Waals surface area contributed by atoms with Crippen LogP contribution in [0.15, 0.2) is 47.1 Å². The Labute approximate surface area is 203 Å². The lowest BCUT2D eigenvalue weighted by molar-refractivity contribution is -0.0272. The van der Waals surface area contributed by atoms with E-state index in [2.05, 4.69) is 9.98 Å². The van der Waals surface area contributed by atoms with Gasteiger partial charge in [0.05, 0.1) is 23.9 Å². The van der Waals surface area contributed by atoms with Crippen molar-refractivity contribution < 1.29 is 9.13 Å². The molecule has 0 unspecified atom stereocenters. The molecule has 0 spiro atoms. The summed E-state index contributed by atoms with van der Waals surface area (Å²) < 4.78 is 21.1. The summed E-state index contributed by atoms with van der Waals surface area (Å²) in [7, 11) is 0. The maximum atomic E-state index is 14.9. The number of pyridine rings is 1. The van der Waals surface area contributed by atoms with Crippen LogP contribution in [0.1, 0.15) is 50.0 Å². The van der Waals surface area contributed by atoms with E-state index >= 15 is 0 Å². The van der Waals surface area contributed by atoms with Crippen LogP contribution in [0.3, 0.4) is 0 Å². The van der Waals surface area contributed by atoms with Gasteiger partial charge >= 0.3 is 0 Å². The van der Waals surface area contributed by atoms with Crippen molar-refractivity contribution in [3.63, 3.8) is 0 Å². The number of halogens is 2. The van der Waals surface area contributed by atoms with Crippen molar-refractivity contribution in [2.75, 3.05) is 0 Å². The zero-order chi connectivity index (χ0) is 23.8. The first-order valence-corrected chi connectivity index (χ1v) is 12.0. The quantitative estimate of drug-likeness (QED) is 0.487. The molecule has 8 heteroatoms. The maximum Gasteiger partial charge on any atom is 0.163 e. The minimum atomic E-state index is -0.429. The summed E-state index contributed by atoms with van der Waals surface area (Å²) in [6, 6.07) is 8.80. The first-order valence-electron chi connectivity index (χ1n) is 11.6. The highest BCUT2D eigenvalue weighted by Gasteiger charge is 2.33. The molecule has 1 aliphatic heterocycles. The van der Waals surface area contributed by atoms with Crippen molar-refractivity contribution in [2.45, 2.75) is 63.7 Å². The molecular formula is C26H27ClFN5O. The van der Waals surface area contributed by atoms with Crippen molar-refractivity contribution in [2.24, 2.45) is 10.7 Å². The second-order valence-electron chi connectivity index (χ2n) is 9.16. The summed E-state index contributed by atoms with van der Waals surface area (Å²) in [6.45, 7) is 3.95. The molecule has 3 heterocycles. The number of ether oxygens (including phenoxy) is 1. The molecule has 1 saturated carbocycles. The highest BCUT2D eigenvalue weighted by molar-refractivity contribution is 6.30. The Balaban J connectivity index is 1.56. The predicted molar refractivity (Wildman–Crippen MR) is 133 cm³/mol. The molecule has 176 valence electrons. The van der Waals surface area contributed by atoms with Crippen molar-refractivity contribution in [1.29, 1.82) is 0 Å². The molecule has 2 fully saturated rings. The van der Waals surface area contributed by atoms with Gasteiger partial charge < -0.3 is 10.5 Å². The van der Waals surface area contributed by atoms with Gasteiger partial charge in [-0.05, 0) is 69.9 Å². The van der Waals surface area contributed by atoms with Crippen LogP contribution in [0.25, 0.3) is 22.3 Å². The molecule has 2 N–H and O–H groups in total. The number of benzene rings is 1. The van der Waals surface area contributed by atoms with E-state index in [1.807, 2.05) is 32.2 Å². The Hall–Kier alpha value is -2.90. The van der Waals surface area contributed by atoms with Gasteiger partial charge in [0.2, 0.25) is 0 Å². The van der Waals surface area contributed by atoms with Gasteiger partial charge in [0.25, 0.3) is 0 Å². The van der Waals surface area contributed by atoms with Gasteiger partial charge in [-0.1, -0.05) is 11.6 Å². The molecule has 5 rings (SSSR count). The minimum absolute atomic E-state index is 0.00107. The standard InChI is InChI=1S/C26H27ClFN5O/c1-14-3-7-21-24(20-8-4-18(27)11-22(20)28)32-25(33-26(21)31-14)16-9-15(2)34-23(10-16)17(12-29)13-30-19-5-6-19/h3-4,7-8,11-13,15-16,19,23H,5-6,9-10,29H2,1-2H3/b17-12+,30-13?/t15-,16+,23+/m1/s1. The number of hydrogen-bond donors (Lipinski definition) is 1. The molecular weight excluding hydrogens is 453 g/mol. The van der Waals surface area contributed by atoms with Gasteiger partial charge in [-0.15, -0.1) is 0 Å². The second kappa shape index (κ2) is 9.39. The van der Waals surface area contributed by atoms with Gasteiger partial charge in [0.1, 0.15) is 11.6 Å². The van der Waals surface area contributed by atoms with E-state index in [0.29, 0.717) is 45.6 Å². The van der Waals surface area contributed by atoms with E-state index in [-0.39, 0.29) is 18.1 Å². The van der Waals surface area contributed by atoms with E-state index in [1.54, 1.807) is 18.3 Å². The molecule has 1 aromatic carbocycles. The van der Waals surface area contributed by atoms with Crippen LogP contribution in [-0.4, -0.2) is 39.4 Å². The third kappa shape index (κ3) is 4.81. The van der Waals surface area contributed by atoms with Crippen molar-refractivity contribution in [3.8, 4) is 11.3 Å². The largest absolute Gasteiger partial charge is 0.404 e. The third-order valence-electron chi connectivity index (χ3n) is 6.32. The van der Waals surface area contributed by atoms with E-state index in [0.717, 1.165) is 30.5 Å². The summed E-state index contributed by atoms with van der Waals surface area (Å²) in [6.07, 6.45) is 6.85. The molecule has 2 aliphatic rings. The fourth-order valence-corrected chi connectivity index (χ4v) is 4.57. The molecule has 0 bridgehead atoms. The Morgan fingerprint density at radius 3 is 2.74 bits per heavy atom. The number of nitrogens with zero attached hydrogens (tertiary/aromatic N) is 4. The second-order valence-corrected chi connectivity index (χ2v) is 9.59. The highest BCUT2D eigenvalue weighted by Crippen LogP contribution is 2.37. The van der Waals surface area contributed by atoms with E-state index in [9.17, 15) is 4.39 Å². The van der Waals surface area contributed by atoms with Crippen LogP contribution in [-0.2, 0) is 4.74 Å². The zero-order valence-electron chi connectivity index (χ0n) is 19.2. The fourth-order valence-electron chi connectivity index (χ4n) is 4.41. The van der Waals surface area contributed by atoms with Crippen LogP contribution >= 0.6 is 11.6 Å². The summed E-state index contributed by atoms with van der Waals surface area (Å²) in [5, 5.41) is 1.04. The lowest BCUT2D eigenvalue weighted by Gasteiger charge is -2.33. The van der Waals surface area contributed by atoms with E-state index in [4.69, 9.17) is 32.0 Å². The average molecular weight is 480 g/mol. The van der Waals surface area contributed by atoms with Gasteiger partial charge in [-0.25, -0.2) is 19.3 Å². The van der Waals surface area contributed by atoms with Crippen LogP contribution in [0.4, 0.5) is 4.39 Å². The molecule has 3 aromatic rings. The summed E-state index contributed by atoms with van der Waals surface area (Å²) in [4.78, 5) is 18.9. The molecule has 0 radical (unpaired) electrons. The highest BCUT2D eigenvalue weighted by atomic mass is 35.5. The van der Waals surface area contributed by atoms with E-state index < -0.39 is 5.82 Å². The van der Waals surface area contributed by atoms with Gasteiger partial charge in [0, 0.05) is 45.6 Å². The van der Waals surface area contributed by atoms with Crippen molar-refractivity contribution in [3.05, 3.63) is 64.5 Å². The van der Waals surface area contributed by atoms with Crippen LogP contribution < -0.4 is 5.73 Å².